The van der Waals surface area contributed by atoms with E-state index in [9.17, 15) is 18.0 Å². The Labute approximate surface area is 184 Å². The van der Waals surface area contributed by atoms with Crippen molar-refractivity contribution in [3.05, 3.63) is 40.8 Å². The van der Waals surface area contributed by atoms with Gasteiger partial charge in [-0.1, -0.05) is 12.1 Å². The van der Waals surface area contributed by atoms with Gasteiger partial charge in [0.1, 0.15) is 0 Å². The fraction of sp³-hybridized carbons (Fsp3) is 0.389. The molecule has 2 aromatic rings. The van der Waals surface area contributed by atoms with E-state index in [1.54, 1.807) is 23.3 Å². The highest BCUT2D eigenvalue weighted by Gasteiger charge is 2.33. The van der Waals surface area contributed by atoms with E-state index in [1.165, 1.54) is 18.2 Å². The van der Waals surface area contributed by atoms with Crippen molar-refractivity contribution in [2.45, 2.75) is 22.2 Å². The molecule has 2 heterocycles. The largest absolute Gasteiger partial charge is 0.417 e. The van der Waals surface area contributed by atoms with Crippen LogP contribution in [0.5, 0.6) is 0 Å². The van der Waals surface area contributed by atoms with Crippen molar-refractivity contribution in [1.29, 1.82) is 0 Å². The Morgan fingerprint density at radius 2 is 1.97 bits per heavy atom. The lowest BCUT2D eigenvalue weighted by atomic mass is 10.2. The number of hydrogen-bond donors (Lipinski definition) is 2. The molecule has 0 aliphatic carbocycles. The van der Waals surface area contributed by atoms with Gasteiger partial charge in [-0.15, -0.1) is 11.3 Å². The molecule has 1 amide bonds. The van der Waals surface area contributed by atoms with Gasteiger partial charge in [0.05, 0.1) is 22.0 Å². The zero-order chi connectivity index (χ0) is 20.9. The second-order valence-corrected chi connectivity index (χ2v) is 10.9. The van der Waals surface area contributed by atoms with Gasteiger partial charge < -0.3 is 5.32 Å². The van der Waals surface area contributed by atoms with Crippen LogP contribution in [0.25, 0.3) is 0 Å². The van der Waals surface area contributed by atoms with E-state index in [0.29, 0.717) is 0 Å². The highest BCUT2D eigenvalue weighted by molar-refractivity contribution is 8.00. The Hall–Kier alpha value is -0.850. The lowest BCUT2D eigenvalue weighted by Gasteiger charge is -2.23. The van der Waals surface area contributed by atoms with Gasteiger partial charge in [0.15, 0.2) is 0 Å². The quantitative estimate of drug-likeness (QED) is 0.521. The molecular weight excluding hydrogens is 459 g/mol. The lowest BCUT2D eigenvalue weighted by Crippen LogP contribution is -2.26. The molecule has 1 aliphatic rings. The number of nitrogens with one attached hydrogen (secondary N) is 2. The third-order valence-electron chi connectivity index (χ3n) is 3.97. The van der Waals surface area contributed by atoms with Crippen LogP contribution in [0.15, 0.2) is 39.4 Å². The van der Waals surface area contributed by atoms with Crippen LogP contribution in [-0.4, -0.2) is 41.4 Å². The zero-order valence-corrected chi connectivity index (χ0v) is 18.8. The van der Waals surface area contributed by atoms with Crippen molar-refractivity contribution in [3.63, 3.8) is 0 Å². The summed E-state index contributed by atoms with van der Waals surface area (Å²) in [6.07, 6.45) is -4.43. The van der Waals surface area contributed by atoms with E-state index in [0.717, 1.165) is 57.4 Å². The van der Waals surface area contributed by atoms with Crippen LogP contribution >= 0.6 is 47.0 Å². The third-order valence-corrected chi connectivity index (χ3v) is 8.01. The smallest absolute Gasteiger partial charge is 0.324 e. The molecule has 1 aromatic heterocycles. The summed E-state index contributed by atoms with van der Waals surface area (Å²) in [5.41, 5.74) is 0.0285. The van der Waals surface area contributed by atoms with E-state index < -0.39 is 11.7 Å². The number of hydrogen-bond acceptors (Lipinski definition) is 7. The summed E-state index contributed by atoms with van der Waals surface area (Å²) < 4.78 is 45.2. The molecular formula is C18H20F3N3OS4. The maximum atomic E-state index is 13.0. The molecule has 1 aliphatic heterocycles. The second kappa shape index (κ2) is 10.5. The summed E-state index contributed by atoms with van der Waals surface area (Å²) in [5.74, 6) is 1.96. The van der Waals surface area contributed by atoms with Gasteiger partial charge in [0.25, 0.3) is 0 Å². The first kappa shape index (κ1) is 22.8. The van der Waals surface area contributed by atoms with Gasteiger partial charge in [-0.25, -0.2) is 4.31 Å². The maximum Gasteiger partial charge on any atom is 0.417 e. The van der Waals surface area contributed by atoms with Gasteiger partial charge in [-0.3, -0.25) is 9.52 Å². The lowest BCUT2D eigenvalue weighted by molar-refractivity contribution is -0.139. The molecule has 3 rings (SSSR count). The summed E-state index contributed by atoms with van der Waals surface area (Å²) in [6.45, 7) is 3.92. The number of aryl methyl sites for hydroxylation is 1. The van der Waals surface area contributed by atoms with Crippen molar-refractivity contribution in [1.82, 2.24) is 9.03 Å². The molecule has 0 radical (unpaired) electrons. The summed E-state index contributed by atoms with van der Waals surface area (Å²) >= 11 is 6.09. The van der Waals surface area contributed by atoms with Crippen LogP contribution in [-0.2, 0) is 11.0 Å². The fourth-order valence-corrected chi connectivity index (χ4v) is 6.81. The molecule has 1 fully saturated rings. The van der Waals surface area contributed by atoms with Crippen molar-refractivity contribution in [2.75, 3.05) is 36.5 Å². The normalized spacial score (nSPS) is 15.4. The van der Waals surface area contributed by atoms with Crippen molar-refractivity contribution < 1.29 is 18.0 Å². The van der Waals surface area contributed by atoms with Crippen molar-refractivity contribution >= 4 is 58.6 Å². The first-order valence-electron chi connectivity index (χ1n) is 8.80. The number of thiophene rings is 1. The number of benzene rings is 1. The standard InChI is InChI=1S/C18H20F3N3OS4/c1-12-14(10-17(27-12)29-24-6-8-26-9-7-24)23-16(25)11-22-28-15-5-3-2-4-13(15)18(19,20)21/h2-5,10,22H,6-9,11H2,1H3,(H,23,25). The molecule has 1 aromatic carbocycles. The molecule has 4 nitrogen and oxygen atoms in total. The van der Waals surface area contributed by atoms with Crippen molar-refractivity contribution in [2.24, 2.45) is 0 Å². The minimum absolute atomic E-state index is 0.0397. The molecule has 29 heavy (non-hydrogen) atoms. The fourth-order valence-electron chi connectivity index (χ4n) is 2.55. The Bertz CT molecular complexity index is 838. The number of thioether (sulfide) groups is 1. The van der Waals surface area contributed by atoms with Crippen LogP contribution in [0, 0.1) is 6.92 Å². The predicted molar refractivity (Wildman–Crippen MR) is 118 cm³/mol. The number of amides is 1. The number of carbonyl (C=O) groups is 1. The van der Waals surface area contributed by atoms with Crippen LogP contribution in [0.4, 0.5) is 18.9 Å². The summed E-state index contributed by atoms with van der Waals surface area (Å²) in [5, 5.41) is 2.84. The molecule has 158 valence electrons. The predicted octanol–water partition coefficient (Wildman–Crippen LogP) is 5.37. The van der Waals surface area contributed by atoms with Gasteiger partial charge >= 0.3 is 6.18 Å². The topological polar surface area (TPSA) is 44.4 Å². The van der Waals surface area contributed by atoms with Crippen molar-refractivity contribution in [3.8, 4) is 0 Å². The molecule has 11 heteroatoms. The minimum atomic E-state index is -4.43. The molecule has 0 unspecified atom stereocenters. The minimum Gasteiger partial charge on any atom is -0.324 e. The Morgan fingerprint density at radius 1 is 1.24 bits per heavy atom. The van der Waals surface area contributed by atoms with Gasteiger partial charge in [-0.05, 0) is 49.0 Å². The summed E-state index contributed by atoms with van der Waals surface area (Å²) in [4.78, 5) is 13.3. The molecule has 0 atom stereocenters. The number of anilines is 1. The van der Waals surface area contributed by atoms with Gasteiger partial charge in [0, 0.05) is 34.4 Å². The van der Waals surface area contributed by atoms with E-state index in [1.807, 2.05) is 24.8 Å². The van der Waals surface area contributed by atoms with E-state index in [-0.39, 0.29) is 17.3 Å². The Balaban J connectivity index is 1.50. The SMILES string of the molecule is Cc1sc(SN2CCSCC2)cc1NC(=O)CNSc1ccccc1C(F)(F)F. The zero-order valence-electron chi connectivity index (χ0n) is 15.5. The second-order valence-electron chi connectivity index (χ2n) is 6.13. The number of nitrogens with zero attached hydrogens (tertiary/aromatic N) is 1. The highest BCUT2D eigenvalue weighted by atomic mass is 32.2. The molecule has 2 N–H and O–H groups in total. The average molecular weight is 480 g/mol. The van der Waals surface area contributed by atoms with Crippen LogP contribution in [0.1, 0.15) is 10.4 Å². The number of alkyl halides is 3. The monoisotopic (exact) mass is 479 g/mol. The number of rotatable bonds is 7. The maximum absolute atomic E-state index is 13.0. The Kier molecular flexibility index (Phi) is 8.23. The number of carbonyl (C=O) groups excluding carboxylic acids is 1. The first-order valence-corrected chi connectivity index (χ1v) is 12.4. The average Bonchev–Trinajstić information content (AvgIpc) is 3.01. The third kappa shape index (κ3) is 6.83. The Morgan fingerprint density at radius 3 is 2.69 bits per heavy atom. The first-order chi connectivity index (χ1) is 13.8. The van der Waals surface area contributed by atoms with E-state index in [2.05, 4.69) is 14.3 Å². The van der Waals surface area contributed by atoms with E-state index >= 15 is 0 Å². The van der Waals surface area contributed by atoms with Crippen LogP contribution < -0.4 is 10.0 Å². The highest BCUT2D eigenvalue weighted by Crippen LogP contribution is 2.37. The molecule has 0 spiro atoms. The summed E-state index contributed by atoms with van der Waals surface area (Å²) in [7, 11) is 0. The summed E-state index contributed by atoms with van der Waals surface area (Å²) in [6, 6.07) is 7.24. The van der Waals surface area contributed by atoms with E-state index in [4.69, 9.17) is 0 Å². The molecule has 1 saturated heterocycles. The van der Waals surface area contributed by atoms with Gasteiger partial charge in [-0.2, -0.15) is 24.9 Å². The molecule has 0 saturated carbocycles. The van der Waals surface area contributed by atoms with Crippen LogP contribution in [0.3, 0.4) is 0 Å². The van der Waals surface area contributed by atoms with Crippen LogP contribution in [0.2, 0.25) is 0 Å². The van der Waals surface area contributed by atoms with Gasteiger partial charge in [0.2, 0.25) is 5.91 Å². The number of halogens is 3. The molecule has 0 bridgehead atoms.